The lowest BCUT2D eigenvalue weighted by Gasteiger charge is -2.41. The van der Waals surface area contributed by atoms with Gasteiger partial charge in [0.15, 0.2) is 5.13 Å². The van der Waals surface area contributed by atoms with Crippen LogP contribution in [0.1, 0.15) is 42.3 Å². The number of ether oxygens (including phenoxy) is 2. The van der Waals surface area contributed by atoms with Crippen LogP contribution in [0.5, 0.6) is 5.88 Å². The van der Waals surface area contributed by atoms with E-state index in [1.165, 1.54) is 18.2 Å². The molecule has 9 nitrogen and oxygen atoms in total. The number of aromatic amines is 1. The summed E-state index contributed by atoms with van der Waals surface area (Å²) < 4.78 is 53.1. The van der Waals surface area contributed by atoms with Crippen LogP contribution in [0.25, 0.3) is 22.6 Å². The molecule has 44 heavy (non-hydrogen) atoms. The Morgan fingerprint density at radius 1 is 1.20 bits per heavy atom. The zero-order valence-electron chi connectivity index (χ0n) is 24.4. The molecule has 2 aromatic carbocycles. The topological polar surface area (TPSA) is 104 Å². The fourth-order valence-electron chi connectivity index (χ4n) is 4.98. The molecule has 14 heteroatoms. The van der Waals surface area contributed by atoms with Gasteiger partial charge >= 0.3 is 12.3 Å². The number of nitrogens with one attached hydrogen (secondary N) is 1. The largest absolute Gasteiger partial charge is 0.492 e. The minimum absolute atomic E-state index is 0.0464. The zero-order chi connectivity index (χ0) is 31.8. The van der Waals surface area contributed by atoms with Gasteiger partial charge in [-0.1, -0.05) is 35.1 Å². The summed E-state index contributed by atoms with van der Waals surface area (Å²) in [5.41, 5.74) is -0.0547. The highest BCUT2D eigenvalue weighted by Gasteiger charge is 2.36. The number of hydrogen-bond acceptors (Lipinski definition) is 8. The second-order valence-corrected chi connectivity index (χ2v) is 12.8. The Morgan fingerprint density at radius 3 is 2.68 bits per heavy atom. The number of carbonyl (C=O) groups is 1. The van der Waals surface area contributed by atoms with E-state index >= 15 is 0 Å². The number of fused-ring (bicyclic) bond motifs is 1. The number of halogens is 4. The van der Waals surface area contributed by atoms with Gasteiger partial charge in [-0.3, -0.25) is 10.00 Å². The summed E-state index contributed by atoms with van der Waals surface area (Å²) in [6.07, 6.45) is -2.13. The van der Waals surface area contributed by atoms with Crippen molar-refractivity contribution < 1.29 is 32.5 Å². The molecule has 234 valence electrons. The van der Waals surface area contributed by atoms with Crippen molar-refractivity contribution in [1.29, 1.82) is 0 Å². The molecule has 0 bridgehead atoms. The molecule has 5 rings (SSSR count). The van der Waals surface area contributed by atoms with Crippen molar-refractivity contribution in [3.05, 3.63) is 69.2 Å². The summed E-state index contributed by atoms with van der Waals surface area (Å²) in [7, 11) is 1.54. The van der Waals surface area contributed by atoms with Crippen molar-refractivity contribution in [2.24, 2.45) is 0 Å². The average molecular weight is 650 g/mol. The number of nitrogens with zero attached hydrogens (tertiary/aromatic N) is 4. The molecule has 2 aromatic heterocycles. The van der Waals surface area contributed by atoms with Crippen molar-refractivity contribution in [3.63, 3.8) is 0 Å². The number of hydrogen-bond donors (Lipinski definition) is 2. The van der Waals surface area contributed by atoms with Crippen molar-refractivity contribution >= 4 is 56.7 Å². The molecule has 2 N–H and O–H groups in total. The van der Waals surface area contributed by atoms with Crippen LogP contribution in [-0.2, 0) is 15.7 Å². The van der Waals surface area contributed by atoms with Gasteiger partial charge < -0.3 is 19.5 Å². The fourth-order valence-corrected chi connectivity index (χ4v) is 6.19. The first kappa shape index (κ1) is 31.6. The van der Waals surface area contributed by atoms with Crippen LogP contribution < -0.4 is 4.90 Å². The highest BCUT2D eigenvalue weighted by atomic mass is 35.5. The lowest BCUT2D eigenvalue weighted by molar-refractivity contribution is -0.137. The Labute approximate surface area is 260 Å². The lowest BCUT2D eigenvalue weighted by Crippen LogP contribution is -2.57. The summed E-state index contributed by atoms with van der Waals surface area (Å²) in [5.74, 6) is -0.330. The molecular weight excluding hydrogens is 619 g/mol. The average Bonchev–Trinajstić information content (AvgIpc) is 3.57. The van der Waals surface area contributed by atoms with Crippen molar-refractivity contribution in [2.75, 3.05) is 38.3 Å². The van der Waals surface area contributed by atoms with Crippen LogP contribution in [0, 0.1) is 0 Å². The number of aromatic hydroxyl groups is 1. The highest BCUT2D eigenvalue weighted by molar-refractivity contribution is 7.17. The predicted octanol–water partition coefficient (Wildman–Crippen LogP) is 7.06. The quantitative estimate of drug-likeness (QED) is 0.216. The van der Waals surface area contributed by atoms with Gasteiger partial charge in [0.2, 0.25) is 5.88 Å². The van der Waals surface area contributed by atoms with Crippen molar-refractivity contribution in [1.82, 2.24) is 20.1 Å². The van der Waals surface area contributed by atoms with Gasteiger partial charge in [-0.2, -0.15) is 23.3 Å². The molecule has 1 atom stereocenters. The van der Waals surface area contributed by atoms with Crippen LogP contribution in [-0.4, -0.2) is 76.3 Å². The summed E-state index contributed by atoms with van der Waals surface area (Å²) in [5, 5.41) is 19.2. The molecule has 4 aromatic rings. The first-order valence-corrected chi connectivity index (χ1v) is 14.9. The van der Waals surface area contributed by atoms with Crippen LogP contribution in [0.2, 0.25) is 5.02 Å². The second kappa shape index (κ2) is 12.3. The summed E-state index contributed by atoms with van der Waals surface area (Å²) in [6.45, 7) is 6.68. The Hall–Kier alpha value is -3.81. The summed E-state index contributed by atoms with van der Waals surface area (Å²) in [6, 6.07) is 8.48. The van der Waals surface area contributed by atoms with E-state index < -0.39 is 23.4 Å². The third-order valence-electron chi connectivity index (χ3n) is 6.95. The number of alkyl halides is 3. The Bertz CT molecular complexity index is 1700. The highest BCUT2D eigenvalue weighted by Crippen LogP contribution is 2.43. The number of benzene rings is 2. The van der Waals surface area contributed by atoms with E-state index in [-0.39, 0.29) is 34.0 Å². The van der Waals surface area contributed by atoms with Crippen molar-refractivity contribution in [3.8, 4) is 5.88 Å². The van der Waals surface area contributed by atoms with Gasteiger partial charge in [-0.25, -0.2) is 4.79 Å². The van der Waals surface area contributed by atoms with Gasteiger partial charge in [0.05, 0.1) is 29.9 Å². The van der Waals surface area contributed by atoms with E-state index in [2.05, 4.69) is 15.2 Å². The number of methoxy groups -OCH3 is 1. The number of H-pyrrole nitrogens is 1. The van der Waals surface area contributed by atoms with Gasteiger partial charge in [0.1, 0.15) is 10.5 Å². The lowest BCUT2D eigenvalue weighted by atomic mass is 9.98. The smallest absolute Gasteiger partial charge is 0.417 e. The first-order valence-electron chi connectivity index (χ1n) is 13.7. The van der Waals surface area contributed by atoms with E-state index in [1.54, 1.807) is 57.2 Å². The number of amides is 1. The van der Waals surface area contributed by atoms with E-state index in [9.17, 15) is 23.1 Å². The van der Waals surface area contributed by atoms with Gasteiger partial charge in [0.25, 0.3) is 0 Å². The van der Waals surface area contributed by atoms with Crippen LogP contribution in [0.4, 0.5) is 23.1 Å². The maximum atomic E-state index is 14.0. The number of thiazole rings is 1. The van der Waals surface area contributed by atoms with Gasteiger partial charge in [-0.05, 0) is 62.2 Å². The monoisotopic (exact) mass is 649 g/mol. The number of anilines is 1. The minimum Gasteiger partial charge on any atom is -0.492 e. The normalized spacial score (nSPS) is 16.5. The molecule has 1 fully saturated rings. The van der Waals surface area contributed by atoms with Crippen molar-refractivity contribution in [2.45, 2.75) is 38.6 Å². The van der Waals surface area contributed by atoms with E-state index in [0.29, 0.717) is 35.9 Å². The van der Waals surface area contributed by atoms with Crippen LogP contribution >= 0.6 is 22.9 Å². The zero-order valence-corrected chi connectivity index (χ0v) is 26.0. The molecule has 0 radical (unpaired) electrons. The number of carbonyl (C=O) groups excluding carboxylic acids is 1. The molecule has 0 spiro atoms. The van der Waals surface area contributed by atoms with Gasteiger partial charge in [0, 0.05) is 42.7 Å². The molecule has 0 unspecified atom stereocenters. The fraction of sp³-hybridized carbons (Fsp3) is 0.367. The summed E-state index contributed by atoms with van der Waals surface area (Å²) >= 11 is 7.07. The maximum absolute atomic E-state index is 14.0. The number of rotatable bonds is 6. The first-order chi connectivity index (χ1) is 20.7. The van der Waals surface area contributed by atoms with Crippen LogP contribution in [0.3, 0.4) is 0 Å². The van der Waals surface area contributed by atoms with Gasteiger partial charge in [-0.15, -0.1) is 0 Å². The predicted molar refractivity (Wildman–Crippen MR) is 164 cm³/mol. The SMILES string of the molecule is COC[C@H]1CN(c2nc(O)c(C(=Cc3ccc(Cl)cc3C(F)(F)F)c3ccc4[nH]ncc4c3)s2)CCN1C(=O)OC(C)(C)C. The minimum atomic E-state index is -4.67. The Morgan fingerprint density at radius 2 is 1.98 bits per heavy atom. The summed E-state index contributed by atoms with van der Waals surface area (Å²) in [4.78, 5) is 21.1. The molecule has 1 aliphatic heterocycles. The molecule has 1 amide bonds. The second-order valence-electron chi connectivity index (χ2n) is 11.3. The van der Waals surface area contributed by atoms with Crippen LogP contribution in [0.15, 0.2) is 42.6 Å². The van der Waals surface area contributed by atoms with E-state index in [4.69, 9.17) is 21.1 Å². The van der Waals surface area contributed by atoms with E-state index in [0.717, 1.165) is 28.3 Å². The number of piperazine rings is 1. The third-order valence-corrected chi connectivity index (χ3v) is 8.33. The molecule has 3 heterocycles. The Balaban J connectivity index is 1.54. The van der Waals surface area contributed by atoms with E-state index in [1.807, 2.05) is 4.90 Å². The third kappa shape index (κ3) is 6.95. The standard InChI is InChI=1S/C30H31ClF3N5O4S/c1-29(2,3)43-28(41)39-10-9-38(15-21(39)16-42-4)27-36-26(40)25(44-27)22(17-6-8-24-19(11-17)14-35-37-24)12-18-5-7-20(31)13-23(18)30(32,33)34/h5-8,11-14,21,40H,9-10,15-16H2,1-4H3,(H,35,37)/t21-/m1/s1. The molecule has 1 saturated heterocycles. The maximum Gasteiger partial charge on any atom is 0.417 e. The molecular formula is C30H31ClF3N5O4S. The molecule has 0 aliphatic carbocycles. The Kier molecular flexibility index (Phi) is 8.83. The number of aromatic nitrogens is 3. The molecule has 1 aliphatic rings. The molecule has 0 saturated carbocycles.